The Balaban J connectivity index is 1.87. The van der Waals surface area contributed by atoms with E-state index >= 15 is 0 Å². The molecule has 0 aliphatic rings. The molecule has 0 unspecified atom stereocenters. The van der Waals surface area contributed by atoms with Crippen LogP contribution in [0.4, 0.5) is 0 Å². The Bertz CT molecular complexity index is 1070. The number of rotatable bonds is 7. The van der Waals surface area contributed by atoms with Crippen LogP contribution in [-0.4, -0.2) is 28.9 Å². The van der Waals surface area contributed by atoms with E-state index in [1.807, 2.05) is 57.2 Å². The third-order valence-corrected chi connectivity index (χ3v) is 6.80. The Morgan fingerprint density at radius 1 is 1.03 bits per heavy atom. The molecular formula is C22H27N3O3S. The highest BCUT2D eigenvalue weighted by atomic mass is 32.2. The van der Waals surface area contributed by atoms with Gasteiger partial charge < -0.3 is 4.52 Å². The van der Waals surface area contributed by atoms with Gasteiger partial charge in [-0.15, -0.1) is 0 Å². The Hall–Kier alpha value is -2.51. The molecule has 0 saturated carbocycles. The van der Waals surface area contributed by atoms with Crippen LogP contribution in [-0.2, 0) is 16.6 Å². The molecule has 0 spiro atoms. The minimum Gasteiger partial charge on any atom is -0.338 e. The third kappa shape index (κ3) is 4.74. The maximum absolute atomic E-state index is 13.2. The minimum atomic E-state index is -3.70. The lowest BCUT2D eigenvalue weighted by atomic mass is 10.0. The molecular weight excluding hydrogens is 386 g/mol. The number of nitrogens with zero attached hydrogens (tertiary/aromatic N) is 3. The lowest BCUT2D eigenvalue weighted by molar-refractivity contribution is 0.286. The van der Waals surface area contributed by atoms with Gasteiger partial charge >= 0.3 is 0 Å². The molecule has 0 saturated heterocycles. The normalized spacial score (nSPS) is 12.3. The van der Waals surface area contributed by atoms with E-state index in [0.29, 0.717) is 11.7 Å². The van der Waals surface area contributed by atoms with Crippen molar-refractivity contribution in [3.8, 4) is 11.4 Å². The van der Waals surface area contributed by atoms with E-state index in [-0.39, 0.29) is 23.4 Å². The summed E-state index contributed by atoms with van der Waals surface area (Å²) in [6.07, 6.45) is 0. The van der Waals surface area contributed by atoms with Crippen LogP contribution < -0.4 is 0 Å². The average Bonchev–Trinajstić information content (AvgIpc) is 3.14. The summed E-state index contributed by atoms with van der Waals surface area (Å²) >= 11 is 0. The molecule has 154 valence electrons. The maximum Gasteiger partial charge on any atom is 0.243 e. The first-order valence-electron chi connectivity index (χ1n) is 9.70. The van der Waals surface area contributed by atoms with E-state index in [2.05, 4.69) is 24.0 Å². The zero-order chi connectivity index (χ0) is 21.2. The summed E-state index contributed by atoms with van der Waals surface area (Å²) in [6.45, 7) is 9.82. The maximum atomic E-state index is 13.2. The van der Waals surface area contributed by atoms with Gasteiger partial charge in [0.05, 0.1) is 11.4 Å². The molecule has 7 heteroatoms. The van der Waals surface area contributed by atoms with Crippen molar-refractivity contribution in [2.24, 2.45) is 0 Å². The van der Waals surface area contributed by atoms with Crippen LogP contribution in [0, 0.1) is 6.92 Å². The molecule has 3 rings (SSSR count). The largest absolute Gasteiger partial charge is 0.338 e. The van der Waals surface area contributed by atoms with Crippen molar-refractivity contribution in [3.05, 3.63) is 65.5 Å². The molecule has 3 aromatic rings. The van der Waals surface area contributed by atoms with E-state index in [4.69, 9.17) is 4.52 Å². The molecule has 0 amide bonds. The third-order valence-electron chi connectivity index (χ3n) is 4.76. The highest BCUT2D eigenvalue weighted by Crippen LogP contribution is 2.24. The molecule has 0 radical (unpaired) electrons. The topological polar surface area (TPSA) is 76.3 Å². The average molecular weight is 414 g/mol. The summed E-state index contributed by atoms with van der Waals surface area (Å²) in [5.41, 5.74) is 3.02. The first kappa shape index (κ1) is 21.2. The fourth-order valence-corrected chi connectivity index (χ4v) is 4.65. The van der Waals surface area contributed by atoms with Crippen LogP contribution >= 0.6 is 0 Å². The molecule has 0 bridgehead atoms. The molecule has 29 heavy (non-hydrogen) atoms. The van der Waals surface area contributed by atoms with Crippen LogP contribution in [0.1, 0.15) is 50.6 Å². The van der Waals surface area contributed by atoms with Gasteiger partial charge in [-0.1, -0.05) is 54.9 Å². The van der Waals surface area contributed by atoms with Crippen molar-refractivity contribution in [1.29, 1.82) is 0 Å². The Labute approximate surface area is 172 Å². The SMILES string of the molecule is Cc1cccc(-c2noc(CN(C(C)C)S(=O)(=O)c3ccc(C(C)C)cc3)n2)c1. The lowest BCUT2D eigenvalue weighted by Gasteiger charge is -2.24. The molecule has 2 aromatic carbocycles. The van der Waals surface area contributed by atoms with Gasteiger partial charge in [0.15, 0.2) is 0 Å². The van der Waals surface area contributed by atoms with Crippen molar-refractivity contribution < 1.29 is 12.9 Å². The Morgan fingerprint density at radius 2 is 1.72 bits per heavy atom. The fourth-order valence-electron chi connectivity index (χ4n) is 3.06. The number of aromatic nitrogens is 2. The highest BCUT2D eigenvalue weighted by molar-refractivity contribution is 7.89. The monoisotopic (exact) mass is 413 g/mol. The van der Waals surface area contributed by atoms with Gasteiger partial charge in [0, 0.05) is 11.6 Å². The van der Waals surface area contributed by atoms with Gasteiger partial charge in [0.1, 0.15) is 0 Å². The molecule has 6 nitrogen and oxygen atoms in total. The van der Waals surface area contributed by atoms with Crippen LogP contribution in [0.15, 0.2) is 57.9 Å². The van der Waals surface area contributed by atoms with E-state index in [1.165, 1.54) is 4.31 Å². The van der Waals surface area contributed by atoms with Gasteiger partial charge in [0.2, 0.25) is 21.7 Å². The zero-order valence-corrected chi connectivity index (χ0v) is 18.3. The van der Waals surface area contributed by atoms with E-state index in [1.54, 1.807) is 12.1 Å². The molecule has 0 aliphatic carbocycles. The molecule has 1 aromatic heterocycles. The second-order valence-corrected chi connectivity index (χ2v) is 9.64. The van der Waals surface area contributed by atoms with E-state index in [0.717, 1.165) is 16.7 Å². The summed E-state index contributed by atoms with van der Waals surface area (Å²) in [6, 6.07) is 14.5. The first-order chi connectivity index (χ1) is 13.7. The van der Waals surface area contributed by atoms with Gasteiger partial charge in [0.25, 0.3) is 0 Å². The van der Waals surface area contributed by atoms with Gasteiger partial charge in [-0.2, -0.15) is 9.29 Å². The number of benzene rings is 2. The van der Waals surface area contributed by atoms with Crippen molar-refractivity contribution in [2.45, 2.75) is 58.0 Å². The van der Waals surface area contributed by atoms with Crippen molar-refractivity contribution >= 4 is 10.0 Å². The van der Waals surface area contributed by atoms with Crippen LogP contribution in [0.3, 0.4) is 0 Å². The standard InChI is InChI=1S/C22H27N3O3S/c1-15(2)18-9-11-20(12-10-18)29(26,27)25(16(3)4)14-21-23-22(24-28-21)19-8-6-7-17(5)13-19/h6-13,15-16H,14H2,1-5H3. The van der Waals surface area contributed by atoms with E-state index in [9.17, 15) is 8.42 Å². The molecule has 1 heterocycles. The molecule has 0 N–H and O–H groups in total. The quantitative estimate of drug-likeness (QED) is 0.558. The summed E-state index contributed by atoms with van der Waals surface area (Å²) in [5, 5.41) is 4.02. The van der Waals surface area contributed by atoms with Gasteiger partial charge in [-0.25, -0.2) is 8.42 Å². The fraction of sp³-hybridized carbons (Fsp3) is 0.364. The molecule has 0 aliphatic heterocycles. The van der Waals surface area contributed by atoms with Crippen LogP contribution in [0.2, 0.25) is 0 Å². The van der Waals surface area contributed by atoms with Crippen LogP contribution in [0.5, 0.6) is 0 Å². The minimum absolute atomic E-state index is 0.0186. The Morgan fingerprint density at radius 3 is 2.31 bits per heavy atom. The van der Waals surface area contributed by atoms with Gasteiger partial charge in [-0.05, 0) is 50.5 Å². The summed E-state index contributed by atoms with van der Waals surface area (Å²) in [7, 11) is -3.70. The first-order valence-corrected chi connectivity index (χ1v) is 11.1. The van der Waals surface area contributed by atoms with Gasteiger partial charge in [-0.3, -0.25) is 0 Å². The predicted molar refractivity (Wildman–Crippen MR) is 113 cm³/mol. The summed E-state index contributed by atoms with van der Waals surface area (Å²) in [4.78, 5) is 4.66. The smallest absolute Gasteiger partial charge is 0.243 e. The van der Waals surface area contributed by atoms with Crippen molar-refractivity contribution in [1.82, 2.24) is 14.4 Å². The predicted octanol–water partition coefficient (Wildman–Crippen LogP) is 4.77. The molecule has 0 fully saturated rings. The summed E-state index contributed by atoms with van der Waals surface area (Å²) in [5.74, 6) is 1.05. The number of aryl methyl sites for hydroxylation is 1. The number of hydrogen-bond donors (Lipinski definition) is 0. The van der Waals surface area contributed by atoms with Crippen molar-refractivity contribution in [2.75, 3.05) is 0 Å². The highest BCUT2D eigenvalue weighted by Gasteiger charge is 2.29. The molecule has 0 atom stereocenters. The van der Waals surface area contributed by atoms with E-state index < -0.39 is 10.0 Å². The van der Waals surface area contributed by atoms with Crippen LogP contribution in [0.25, 0.3) is 11.4 Å². The number of sulfonamides is 1. The number of hydrogen-bond acceptors (Lipinski definition) is 5. The zero-order valence-electron chi connectivity index (χ0n) is 17.5. The Kier molecular flexibility index (Phi) is 6.19. The second-order valence-electron chi connectivity index (χ2n) is 7.75. The lowest BCUT2D eigenvalue weighted by Crippen LogP contribution is -2.36. The second kappa shape index (κ2) is 8.47. The van der Waals surface area contributed by atoms with Crippen molar-refractivity contribution in [3.63, 3.8) is 0 Å². The summed E-state index contributed by atoms with van der Waals surface area (Å²) < 4.78 is 33.2.